The van der Waals surface area contributed by atoms with E-state index >= 15 is 0 Å². The van der Waals surface area contributed by atoms with Gasteiger partial charge in [-0.25, -0.2) is 4.98 Å². The lowest BCUT2D eigenvalue weighted by Gasteiger charge is -2.24. The number of hydrogen-bond acceptors (Lipinski definition) is 5. The Morgan fingerprint density at radius 2 is 2.16 bits per heavy atom. The first-order chi connectivity index (χ1) is 9.25. The maximum Gasteiger partial charge on any atom is 0.244 e. The third-order valence-corrected chi connectivity index (χ3v) is 3.93. The second-order valence-corrected chi connectivity index (χ2v) is 5.27. The molecular formula is C13H19N5O. The first kappa shape index (κ1) is 12.3. The van der Waals surface area contributed by atoms with Crippen molar-refractivity contribution in [3.63, 3.8) is 0 Å². The van der Waals surface area contributed by atoms with Crippen LogP contribution >= 0.6 is 0 Å². The molecule has 1 atom stereocenters. The van der Waals surface area contributed by atoms with E-state index < -0.39 is 0 Å². The van der Waals surface area contributed by atoms with Crippen molar-refractivity contribution >= 4 is 0 Å². The normalized spacial score (nSPS) is 18.6. The monoisotopic (exact) mass is 261 g/mol. The molecule has 0 aliphatic heterocycles. The molecule has 0 bridgehead atoms. The van der Waals surface area contributed by atoms with Crippen molar-refractivity contribution in [1.82, 2.24) is 19.7 Å². The van der Waals surface area contributed by atoms with Crippen LogP contribution in [-0.4, -0.2) is 19.7 Å². The fourth-order valence-corrected chi connectivity index (χ4v) is 2.74. The van der Waals surface area contributed by atoms with E-state index in [1.54, 1.807) is 12.5 Å². The molecule has 6 nitrogen and oxygen atoms in total. The van der Waals surface area contributed by atoms with Crippen LogP contribution in [0.15, 0.2) is 17.0 Å². The summed E-state index contributed by atoms with van der Waals surface area (Å²) >= 11 is 0. The zero-order valence-electron chi connectivity index (χ0n) is 11.1. The molecule has 1 unspecified atom stereocenters. The van der Waals surface area contributed by atoms with Gasteiger partial charge in [0, 0.05) is 7.05 Å². The fraction of sp³-hybridized carbons (Fsp3) is 0.615. The van der Waals surface area contributed by atoms with Gasteiger partial charge < -0.3 is 14.8 Å². The van der Waals surface area contributed by atoms with Crippen molar-refractivity contribution in [2.75, 3.05) is 0 Å². The van der Waals surface area contributed by atoms with E-state index in [4.69, 9.17) is 10.3 Å². The first-order valence-corrected chi connectivity index (χ1v) is 6.81. The number of imidazole rings is 1. The van der Waals surface area contributed by atoms with Crippen LogP contribution in [0.5, 0.6) is 0 Å². The summed E-state index contributed by atoms with van der Waals surface area (Å²) in [5.74, 6) is 1.57. The first-order valence-electron chi connectivity index (χ1n) is 6.81. The molecule has 0 amide bonds. The molecule has 6 heteroatoms. The Kier molecular flexibility index (Phi) is 3.33. The van der Waals surface area contributed by atoms with Gasteiger partial charge in [0.2, 0.25) is 11.7 Å². The maximum absolute atomic E-state index is 6.26. The predicted octanol–water partition coefficient (Wildman–Crippen LogP) is 2.05. The summed E-state index contributed by atoms with van der Waals surface area (Å²) in [6, 6.07) is -0.144. The molecule has 0 saturated heterocycles. The Morgan fingerprint density at radius 1 is 1.37 bits per heavy atom. The van der Waals surface area contributed by atoms with Crippen LogP contribution in [0.3, 0.4) is 0 Å². The van der Waals surface area contributed by atoms with Gasteiger partial charge in [0.15, 0.2) is 0 Å². The van der Waals surface area contributed by atoms with E-state index in [2.05, 4.69) is 15.1 Å². The van der Waals surface area contributed by atoms with Gasteiger partial charge in [-0.2, -0.15) is 4.98 Å². The van der Waals surface area contributed by atoms with E-state index in [0.29, 0.717) is 17.6 Å². The zero-order valence-corrected chi connectivity index (χ0v) is 11.1. The highest BCUT2D eigenvalue weighted by atomic mass is 16.5. The van der Waals surface area contributed by atoms with E-state index in [9.17, 15) is 0 Å². The lowest BCUT2D eigenvalue weighted by molar-refractivity contribution is 0.255. The quantitative estimate of drug-likeness (QED) is 0.914. The number of hydrogen-bond donors (Lipinski definition) is 1. The molecule has 2 aromatic rings. The fourth-order valence-electron chi connectivity index (χ4n) is 2.74. The third-order valence-electron chi connectivity index (χ3n) is 3.93. The Bertz CT molecular complexity index is 541. The summed E-state index contributed by atoms with van der Waals surface area (Å²) in [6.45, 7) is 0. The highest BCUT2D eigenvalue weighted by Gasteiger charge is 2.26. The Labute approximate surface area is 112 Å². The van der Waals surface area contributed by atoms with Crippen molar-refractivity contribution in [2.24, 2.45) is 18.7 Å². The Hall–Kier alpha value is -1.69. The van der Waals surface area contributed by atoms with Gasteiger partial charge in [-0.05, 0) is 18.8 Å². The number of aromatic nitrogens is 4. The number of nitrogens with zero attached hydrogens (tertiary/aromatic N) is 4. The van der Waals surface area contributed by atoms with Crippen LogP contribution in [0.2, 0.25) is 0 Å². The molecule has 2 heterocycles. The molecule has 2 aromatic heterocycles. The molecule has 1 aliphatic carbocycles. The van der Waals surface area contributed by atoms with E-state index in [1.807, 2.05) is 11.6 Å². The molecule has 2 N–H and O–H groups in total. The minimum Gasteiger partial charge on any atom is -0.337 e. The van der Waals surface area contributed by atoms with Crippen molar-refractivity contribution in [3.8, 4) is 11.5 Å². The summed E-state index contributed by atoms with van der Waals surface area (Å²) < 4.78 is 7.19. The maximum atomic E-state index is 6.26. The highest BCUT2D eigenvalue weighted by Crippen LogP contribution is 2.32. The average Bonchev–Trinajstić information content (AvgIpc) is 3.07. The van der Waals surface area contributed by atoms with Crippen molar-refractivity contribution in [1.29, 1.82) is 0 Å². The van der Waals surface area contributed by atoms with Crippen LogP contribution in [0, 0.1) is 5.92 Å². The van der Waals surface area contributed by atoms with E-state index in [-0.39, 0.29) is 6.04 Å². The van der Waals surface area contributed by atoms with Crippen molar-refractivity contribution < 1.29 is 4.52 Å². The molecule has 19 heavy (non-hydrogen) atoms. The molecule has 1 fully saturated rings. The molecule has 1 aliphatic rings. The molecule has 0 radical (unpaired) electrons. The minimum absolute atomic E-state index is 0.144. The Morgan fingerprint density at radius 3 is 2.84 bits per heavy atom. The lowest BCUT2D eigenvalue weighted by atomic mass is 9.84. The third kappa shape index (κ3) is 2.40. The second-order valence-electron chi connectivity index (χ2n) is 5.27. The Balaban J connectivity index is 1.79. The minimum atomic E-state index is -0.144. The van der Waals surface area contributed by atoms with E-state index in [0.717, 1.165) is 18.5 Å². The lowest BCUT2D eigenvalue weighted by Crippen LogP contribution is -2.23. The largest absolute Gasteiger partial charge is 0.337 e. The molecule has 102 valence electrons. The summed E-state index contributed by atoms with van der Waals surface area (Å²) in [5, 5.41) is 4.01. The zero-order chi connectivity index (χ0) is 13.2. The number of rotatable bonds is 3. The average molecular weight is 261 g/mol. The number of aryl methyl sites for hydroxylation is 1. The summed E-state index contributed by atoms with van der Waals surface area (Å²) in [5.41, 5.74) is 7.09. The molecule has 0 spiro atoms. The van der Waals surface area contributed by atoms with Gasteiger partial charge in [0.05, 0.1) is 18.6 Å². The van der Waals surface area contributed by atoms with E-state index in [1.165, 1.54) is 19.3 Å². The molecular weight excluding hydrogens is 242 g/mol. The van der Waals surface area contributed by atoms with Crippen molar-refractivity contribution in [3.05, 3.63) is 18.4 Å². The van der Waals surface area contributed by atoms with Gasteiger partial charge in [-0.1, -0.05) is 24.4 Å². The smallest absolute Gasteiger partial charge is 0.244 e. The van der Waals surface area contributed by atoms with Gasteiger partial charge >= 0.3 is 0 Å². The molecule has 3 rings (SSSR count). The van der Waals surface area contributed by atoms with Gasteiger partial charge in [0.1, 0.15) is 5.69 Å². The van der Waals surface area contributed by atoms with Gasteiger partial charge in [-0.3, -0.25) is 0 Å². The topological polar surface area (TPSA) is 82.8 Å². The van der Waals surface area contributed by atoms with Crippen LogP contribution in [0.1, 0.15) is 44.0 Å². The predicted molar refractivity (Wildman–Crippen MR) is 70.0 cm³/mol. The van der Waals surface area contributed by atoms with Crippen LogP contribution in [-0.2, 0) is 7.05 Å². The summed E-state index contributed by atoms with van der Waals surface area (Å²) in [6.07, 6.45) is 9.57. The SMILES string of the molecule is Cn1cncc1-c1noc(C(N)C2CCCCC2)n1. The van der Waals surface area contributed by atoms with Crippen LogP contribution in [0.25, 0.3) is 11.5 Å². The van der Waals surface area contributed by atoms with Gasteiger partial charge in [0.25, 0.3) is 0 Å². The standard InChI is InChI=1S/C13H19N5O/c1-18-8-15-7-10(18)12-16-13(19-17-12)11(14)9-5-3-2-4-6-9/h7-9,11H,2-6,14H2,1H3. The summed E-state index contributed by atoms with van der Waals surface area (Å²) in [4.78, 5) is 8.48. The number of nitrogens with two attached hydrogens (primary N) is 1. The summed E-state index contributed by atoms with van der Waals surface area (Å²) in [7, 11) is 1.90. The van der Waals surface area contributed by atoms with Crippen LogP contribution < -0.4 is 5.73 Å². The van der Waals surface area contributed by atoms with Crippen molar-refractivity contribution in [2.45, 2.75) is 38.1 Å². The highest BCUT2D eigenvalue weighted by molar-refractivity contribution is 5.47. The van der Waals surface area contributed by atoms with Gasteiger partial charge in [-0.15, -0.1) is 0 Å². The van der Waals surface area contributed by atoms with Crippen LogP contribution in [0.4, 0.5) is 0 Å². The molecule has 0 aromatic carbocycles. The second kappa shape index (κ2) is 5.13. The molecule has 1 saturated carbocycles.